The Labute approximate surface area is 323 Å². The van der Waals surface area contributed by atoms with Crippen LogP contribution in [0.4, 0.5) is 0 Å². The molecule has 0 aromatic rings. The molecule has 0 aliphatic heterocycles. The zero-order valence-corrected chi connectivity index (χ0v) is 33.3. The molecule has 0 aromatic carbocycles. The highest BCUT2D eigenvalue weighted by molar-refractivity contribution is 5.90. The van der Waals surface area contributed by atoms with Crippen LogP contribution in [0.25, 0.3) is 0 Å². The summed E-state index contributed by atoms with van der Waals surface area (Å²) < 4.78 is 0. The second-order valence-corrected chi connectivity index (χ2v) is 14.5. The number of carbonyl (C=O) groups is 6. The normalized spacial score (nSPS) is 13.2. The molecule has 0 fully saturated rings. The third kappa shape index (κ3) is 29.5. The summed E-state index contributed by atoms with van der Waals surface area (Å²) in [4.78, 5) is 79.4. The Bertz CT molecular complexity index is 1120. The minimum absolute atomic E-state index is 0.0416. The van der Waals surface area contributed by atoms with E-state index < -0.39 is 53.7 Å². The molecule has 0 bridgehead atoms. The summed E-state index contributed by atoms with van der Waals surface area (Å²) in [5, 5.41) is 10.9. The number of rotatable bonds is 35. The monoisotopic (exact) mass is 767 g/mol. The lowest BCUT2D eigenvalue weighted by Gasteiger charge is -2.24. The van der Waals surface area contributed by atoms with Crippen LogP contribution < -0.4 is 49.9 Å². The number of primary amides is 2. The first-order chi connectivity index (χ1) is 25.8. The number of nitrogens with two attached hydrogens (primary N) is 5. The molecule has 0 unspecified atom stereocenters. The molecular weight excluding hydrogens is 692 g/mol. The molecule has 0 aliphatic carbocycles. The first kappa shape index (κ1) is 50.1. The second-order valence-electron chi connectivity index (χ2n) is 14.5. The zero-order chi connectivity index (χ0) is 40.6. The van der Waals surface area contributed by atoms with Crippen molar-refractivity contribution in [1.82, 2.24) is 21.3 Å². The first-order valence-corrected chi connectivity index (χ1v) is 20.3. The Kier molecular flexibility index (Phi) is 30.1. The van der Waals surface area contributed by atoms with E-state index in [9.17, 15) is 28.8 Å². The zero-order valence-electron chi connectivity index (χ0n) is 33.3. The smallest absolute Gasteiger partial charge is 0.242 e. The van der Waals surface area contributed by atoms with Gasteiger partial charge in [-0.25, -0.2) is 0 Å². The van der Waals surface area contributed by atoms with Gasteiger partial charge in [-0.2, -0.15) is 0 Å². The van der Waals surface area contributed by atoms with Gasteiger partial charge in [-0.3, -0.25) is 33.8 Å². The molecular formula is C38H74N10O6. The van der Waals surface area contributed by atoms with Crippen molar-refractivity contribution in [2.45, 2.75) is 186 Å². The van der Waals surface area contributed by atoms with Crippen molar-refractivity contribution < 1.29 is 28.8 Å². The fourth-order valence-electron chi connectivity index (χ4n) is 6.10. The summed E-state index contributed by atoms with van der Waals surface area (Å²) in [5.41, 5.74) is 27.2. The number of nitrogens with one attached hydrogen (secondary N) is 4. The Morgan fingerprint density at radius 2 is 1.09 bits per heavy atom. The van der Waals surface area contributed by atoms with Crippen LogP contribution in [0.3, 0.4) is 0 Å². The Hall–Kier alpha value is -3.95. The number of guanidine groups is 1. The maximum absolute atomic E-state index is 13.5. The molecule has 0 rings (SSSR count). The van der Waals surface area contributed by atoms with Crippen LogP contribution in [0.5, 0.6) is 0 Å². The maximum atomic E-state index is 13.5. The van der Waals surface area contributed by atoms with E-state index in [1.807, 2.05) is 0 Å². The molecule has 54 heavy (non-hydrogen) atoms. The van der Waals surface area contributed by atoms with Gasteiger partial charge in [0.1, 0.15) is 12.1 Å². The van der Waals surface area contributed by atoms with E-state index in [1.54, 1.807) is 6.92 Å². The topological polar surface area (TPSA) is 293 Å². The van der Waals surface area contributed by atoms with Crippen LogP contribution in [0.1, 0.15) is 162 Å². The molecule has 4 atom stereocenters. The van der Waals surface area contributed by atoms with E-state index in [2.05, 4.69) is 33.2 Å². The van der Waals surface area contributed by atoms with Gasteiger partial charge in [-0.15, -0.1) is 0 Å². The van der Waals surface area contributed by atoms with E-state index in [0.717, 1.165) is 19.3 Å². The van der Waals surface area contributed by atoms with Gasteiger partial charge in [0.05, 0.1) is 0 Å². The van der Waals surface area contributed by atoms with E-state index in [0.29, 0.717) is 38.6 Å². The number of unbranched alkanes of at least 4 members (excludes halogenated alkanes) is 13. The van der Waals surface area contributed by atoms with Crippen LogP contribution in [0.2, 0.25) is 0 Å². The highest BCUT2D eigenvalue weighted by atomic mass is 16.2. The molecule has 14 N–H and O–H groups in total. The number of amides is 6. The third-order valence-corrected chi connectivity index (χ3v) is 9.15. The SMILES string of the molecule is CCCCCCCCCCCCCCCC(=O)N[C@@H](C)CC(=O)N[C@@H](CCCN=C(N)N)C(=O)N[C@@H](CCC(N)=O)CC(=O)N[C@@H](CCCCN)C(N)=O. The molecule has 0 saturated heterocycles. The molecule has 0 heterocycles. The molecule has 312 valence electrons. The number of hydrogen-bond donors (Lipinski definition) is 9. The minimum atomic E-state index is -1.03. The minimum Gasteiger partial charge on any atom is -0.370 e. The quantitative estimate of drug-likeness (QED) is 0.0259. The van der Waals surface area contributed by atoms with Crippen molar-refractivity contribution in [1.29, 1.82) is 0 Å². The summed E-state index contributed by atoms with van der Waals surface area (Å²) in [7, 11) is 0. The van der Waals surface area contributed by atoms with Gasteiger partial charge in [0.2, 0.25) is 35.4 Å². The summed E-state index contributed by atoms with van der Waals surface area (Å²) in [6, 6.07) is -3.27. The van der Waals surface area contributed by atoms with Gasteiger partial charge in [0.25, 0.3) is 0 Å². The van der Waals surface area contributed by atoms with Gasteiger partial charge in [-0.05, 0) is 58.4 Å². The third-order valence-electron chi connectivity index (χ3n) is 9.15. The van der Waals surface area contributed by atoms with Crippen LogP contribution in [0.15, 0.2) is 4.99 Å². The standard InChI is InChI=1S/C38H74N10O6/c1-3-4-5-6-7-8-9-10-11-12-13-14-15-21-33(50)45-28(2)26-34(51)48-31(20-18-25-44-38(42)43)37(54)46-29(22-23-32(40)49)27-35(52)47-30(36(41)53)19-16-17-24-39/h28-31H,3-27,39H2,1-2H3,(H2,40,49)(H2,41,53)(H,45,50)(H,46,54)(H,47,52)(H,48,51)(H4,42,43,44)/t28-,29-,30-,31-/m0/s1. The van der Waals surface area contributed by atoms with E-state index >= 15 is 0 Å². The average Bonchev–Trinajstić information content (AvgIpc) is 3.09. The van der Waals surface area contributed by atoms with Gasteiger partial charge < -0.3 is 49.9 Å². The van der Waals surface area contributed by atoms with Gasteiger partial charge in [0.15, 0.2) is 5.96 Å². The average molecular weight is 767 g/mol. The Morgan fingerprint density at radius 3 is 1.63 bits per heavy atom. The summed E-state index contributed by atoms with van der Waals surface area (Å²) in [6.45, 7) is 4.60. The van der Waals surface area contributed by atoms with Crippen LogP contribution in [0, 0.1) is 0 Å². The van der Waals surface area contributed by atoms with Crippen LogP contribution in [-0.2, 0) is 28.8 Å². The van der Waals surface area contributed by atoms with E-state index in [1.165, 1.54) is 64.2 Å². The lowest BCUT2D eigenvalue weighted by atomic mass is 10.0. The molecule has 16 nitrogen and oxygen atoms in total. The second kappa shape index (κ2) is 32.5. The first-order valence-electron chi connectivity index (χ1n) is 20.3. The van der Waals surface area contributed by atoms with Crippen molar-refractivity contribution in [3.63, 3.8) is 0 Å². The van der Waals surface area contributed by atoms with Crippen LogP contribution >= 0.6 is 0 Å². The fourth-order valence-corrected chi connectivity index (χ4v) is 6.10. The van der Waals surface area contributed by atoms with Crippen molar-refractivity contribution in [3.8, 4) is 0 Å². The maximum Gasteiger partial charge on any atom is 0.242 e. The molecule has 16 heteroatoms. The van der Waals surface area contributed by atoms with Gasteiger partial charge in [-0.1, -0.05) is 84.0 Å². The fraction of sp³-hybridized carbons (Fsp3) is 0.816. The molecule has 0 saturated carbocycles. The van der Waals surface area contributed by atoms with E-state index in [-0.39, 0.29) is 50.5 Å². The van der Waals surface area contributed by atoms with Crippen molar-refractivity contribution in [2.24, 2.45) is 33.7 Å². The molecule has 0 aliphatic rings. The highest BCUT2D eigenvalue weighted by Crippen LogP contribution is 2.13. The molecule has 6 amide bonds. The summed E-state index contributed by atoms with van der Waals surface area (Å²) in [5.74, 6) is -3.18. The Morgan fingerprint density at radius 1 is 0.556 bits per heavy atom. The van der Waals surface area contributed by atoms with Gasteiger partial charge >= 0.3 is 0 Å². The molecule has 0 spiro atoms. The lowest BCUT2D eigenvalue weighted by Crippen LogP contribution is -2.52. The van der Waals surface area contributed by atoms with E-state index in [4.69, 9.17) is 28.7 Å². The number of nitrogens with zero attached hydrogens (tertiary/aromatic N) is 1. The lowest BCUT2D eigenvalue weighted by molar-refractivity contribution is -0.131. The largest absolute Gasteiger partial charge is 0.370 e. The number of carbonyl (C=O) groups excluding carboxylic acids is 6. The van der Waals surface area contributed by atoms with Gasteiger partial charge in [0, 0.05) is 44.3 Å². The number of hydrogen-bond acceptors (Lipinski definition) is 8. The van der Waals surface area contributed by atoms with Crippen molar-refractivity contribution in [3.05, 3.63) is 0 Å². The summed E-state index contributed by atoms with van der Waals surface area (Å²) >= 11 is 0. The summed E-state index contributed by atoms with van der Waals surface area (Å²) in [6.07, 6.45) is 17.9. The molecule has 0 aromatic heterocycles. The molecule has 0 radical (unpaired) electrons. The predicted octanol–water partition coefficient (Wildman–Crippen LogP) is 2.14. The highest BCUT2D eigenvalue weighted by Gasteiger charge is 2.27. The predicted molar refractivity (Wildman–Crippen MR) is 213 cm³/mol. The van der Waals surface area contributed by atoms with Crippen molar-refractivity contribution >= 4 is 41.4 Å². The number of aliphatic imine (C=N–C) groups is 1. The Balaban J connectivity index is 5.03. The van der Waals surface area contributed by atoms with Crippen LogP contribution in [-0.4, -0.2) is 78.7 Å². The van der Waals surface area contributed by atoms with Crippen molar-refractivity contribution in [2.75, 3.05) is 13.1 Å².